The highest BCUT2D eigenvalue weighted by Crippen LogP contribution is 2.24. The first-order chi connectivity index (χ1) is 5.95. The molecule has 0 aromatic heterocycles. The SMILES string of the molecule is NCCCCC(O)(C(=O)O)N(Cl)Cl. The van der Waals surface area contributed by atoms with Crippen LogP contribution in [-0.4, -0.2) is 32.4 Å². The second-order valence-corrected chi connectivity index (χ2v) is 3.45. The molecule has 0 aliphatic carbocycles. The molecule has 0 rings (SSSR count). The van der Waals surface area contributed by atoms with Gasteiger partial charge >= 0.3 is 5.97 Å². The van der Waals surface area contributed by atoms with Gasteiger partial charge in [0, 0.05) is 6.42 Å². The van der Waals surface area contributed by atoms with Crippen LogP contribution in [0.25, 0.3) is 0 Å². The van der Waals surface area contributed by atoms with Crippen molar-refractivity contribution in [3.8, 4) is 0 Å². The number of hydrogen-bond acceptors (Lipinski definition) is 4. The van der Waals surface area contributed by atoms with Gasteiger partial charge < -0.3 is 15.9 Å². The molecule has 0 aromatic carbocycles. The monoisotopic (exact) mass is 230 g/mol. The average molecular weight is 231 g/mol. The highest BCUT2D eigenvalue weighted by atomic mass is 35.5. The fourth-order valence-corrected chi connectivity index (χ4v) is 1.09. The number of carbonyl (C=O) groups is 1. The zero-order valence-electron chi connectivity index (χ0n) is 6.91. The minimum absolute atomic E-state index is 0.0630. The Morgan fingerprint density at radius 1 is 1.46 bits per heavy atom. The van der Waals surface area contributed by atoms with Crippen molar-refractivity contribution in [2.45, 2.75) is 25.0 Å². The predicted molar refractivity (Wildman–Crippen MR) is 49.0 cm³/mol. The van der Waals surface area contributed by atoms with Crippen LogP contribution in [0, 0.1) is 0 Å². The molecule has 78 valence electrons. The molecule has 1 atom stereocenters. The van der Waals surface area contributed by atoms with Gasteiger partial charge in [0.2, 0.25) is 5.72 Å². The Morgan fingerprint density at radius 2 is 2.00 bits per heavy atom. The van der Waals surface area contributed by atoms with Gasteiger partial charge in [-0.2, -0.15) is 0 Å². The Morgan fingerprint density at radius 3 is 2.31 bits per heavy atom. The number of carboxylic acids is 1. The Hall–Kier alpha value is -0.0700. The average Bonchev–Trinajstić information content (AvgIpc) is 2.03. The third-order valence-electron chi connectivity index (χ3n) is 1.60. The van der Waals surface area contributed by atoms with Crippen molar-refractivity contribution in [3.63, 3.8) is 0 Å². The third-order valence-corrected chi connectivity index (χ3v) is 2.16. The van der Waals surface area contributed by atoms with Gasteiger partial charge in [0.1, 0.15) is 0 Å². The van der Waals surface area contributed by atoms with Crippen LogP contribution in [0.4, 0.5) is 0 Å². The van der Waals surface area contributed by atoms with Gasteiger partial charge in [-0.3, -0.25) is 0 Å². The fraction of sp³-hybridized carbons (Fsp3) is 0.833. The first-order valence-corrected chi connectivity index (χ1v) is 4.40. The number of unbranched alkanes of at least 4 members (excludes halogenated alkanes) is 1. The maximum atomic E-state index is 10.6. The van der Waals surface area contributed by atoms with E-state index in [0.29, 0.717) is 19.4 Å². The van der Waals surface area contributed by atoms with Gasteiger partial charge in [-0.1, -0.05) is 3.94 Å². The normalized spacial score (nSPS) is 15.8. The summed E-state index contributed by atoms with van der Waals surface area (Å²) >= 11 is 10.4. The number of aliphatic carboxylic acids is 1. The molecule has 13 heavy (non-hydrogen) atoms. The predicted octanol–water partition coefficient (Wildman–Crippen LogP) is 0.498. The van der Waals surface area contributed by atoms with Crippen LogP contribution in [0.15, 0.2) is 0 Å². The van der Waals surface area contributed by atoms with E-state index in [4.69, 9.17) is 34.4 Å². The zero-order chi connectivity index (χ0) is 10.5. The van der Waals surface area contributed by atoms with Crippen LogP contribution >= 0.6 is 23.6 Å². The van der Waals surface area contributed by atoms with Crippen molar-refractivity contribution in [1.29, 1.82) is 0 Å². The molecule has 5 nitrogen and oxygen atoms in total. The lowest BCUT2D eigenvalue weighted by Gasteiger charge is -2.25. The number of nitrogens with zero attached hydrogens (tertiary/aromatic N) is 1. The van der Waals surface area contributed by atoms with Gasteiger partial charge in [0.25, 0.3) is 0 Å². The Labute approximate surface area is 86.2 Å². The zero-order valence-corrected chi connectivity index (χ0v) is 8.42. The highest BCUT2D eigenvalue weighted by Gasteiger charge is 2.41. The summed E-state index contributed by atoms with van der Waals surface area (Å²) in [6.07, 6.45) is 0.985. The molecule has 0 spiro atoms. The van der Waals surface area contributed by atoms with Crippen molar-refractivity contribution < 1.29 is 15.0 Å². The highest BCUT2D eigenvalue weighted by molar-refractivity contribution is 6.35. The number of carboxylic acid groups (broad SMARTS) is 1. The summed E-state index contributed by atoms with van der Waals surface area (Å²) in [5, 5.41) is 18.0. The van der Waals surface area contributed by atoms with Gasteiger partial charge in [0.05, 0.1) is 0 Å². The van der Waals surface area contributed by atoms with E-state index in [1.54, 1.807) is 0 Å². The Balaban J connectivity index is 4.17. The molecule has 1 unspecified atom stereocenters. The van der Waals surface area contributed by atoms with Crippen molar-refractivity contribution >= 4 is 29.5 Å². The summed E-state index contributed by atoms with van der Waals surface area (Å²) in [5.41, 5.74) is 2.98. The van der Waals surface area contributed by atoms with Gasteiger partial charge in [0.15, 0.2) is 0 Å². The number of hydrogen-bond donors (Lipinski definition) is 3. The summed E-state index contributed by atoms with van der Waals surface area (Å²) in [7, 11) is 0. The summed E-state index contributed by atoms with van der Waals surface area (Å²) in [6, 6.07) is 0. The molecular formula is C6H12Cl2N2O3. The summed E-state index contributed by atoms with van der Waals surface area (Å²) in [5.74, 6) is -1.48. The molecule has 0 saturated heterocycles. The number of halogens is 2. The summed E-state index contributed by atoms with van der Waals surface area (Å²) < 4.78 is 0.242. The van der Waals surface area contributed by atoms with E-state index in [9.17, 15) is 9.90 Å². The van der Waals surface area contributed by atoms with Crippen LogP contribution in [0.5, 0.6) is 0 Å². The molecule has 0 heterocycles. The van der Waals surface area contributed by atoms with E-state index in [1.807, 2.05) is 0 Å². The Kier molecular flexibility index (Phi) is 5.59. The molecular weight excluding hydrogens is 219 g/mol. The molecule has 7 heteroatoms. The lowest BCUT2D eigenvalue weighted by atomic mass is 10.1. The smallest absolute Gasteiger partial charge is 0.353 e. The van der Waals surface area contributed by atoms with Crippen molar-refractivity contribution in [2.24, 2.45) is 5.73 Å². The molecule has 0 radical (unpaired) electrons. The number of nitrogens with two attached hydrogens (primary N) is 1. The molecule has 0 fully saturated rings. The third kappa shape index (κ3) is 3.66. The maximum absolute atomic E-state index is 10.6. The van der Waals surface area contributed by atoms with Crippen LogP contribution in [0.1, 0.15) is 19.3 Å². The molecule has 0 aliphatic rings. The van der Waals surface area contributed by atoms with E-state index < -0.39 is 11.7 Å². The van der Waals surface area contributed by atoms with E-state index in [0.717, 1.165) is 0 Å². The van der Waals surface area contributed by atoms with Crippen molar-refractivity contribution in [3.05, 3.63) is 0 Å². The fourth-order valence-electron chi connectivity index (χ4n) is 0.780. The molecule has 0 aromatic rings. The maximum Gasteiger partial charge on any atom is 0.353 e. The second-order valence-electron chi connectivity index (χ2n) is 2.60. The summed E-state index contributed by atoms with van der Waals surface area (Å²) in [4.78, 5) is 10.6. The second kappa shape index (κ2) is 5.62. The molecule has 4 N–H and O–H groups in total. The van der Waals surface area contributed by atoms with Crippen molar-refractivity contribution in [2.75, 3.05) is 6.54 Å². The van der Waals surface area contributed by atoms with Crippen LogP contribution in [0.2, 0.25) is 0 Å². The van der Waals surface area contributed by atoms with E-state index in [1.165, 1.54) is 0 Å². The number of rotatable bonds is 6. The van der Waals surface area contributed by atoms with Gasteiger partial charge in [-0.05, 0) is 42.9 Å². The van der Waals surface area contributed by atoms with Gasteiger partial charge in [-0.25, -0.2) is 4.79 Å². The molecule has 0 bridgehead atoms. The minimum Gasteiger partial charge on any atom is -0.478 e. The molecule has 0 amide bonds. The first-order valence-electron chi connectivity index (χ1n) is 3.72. The van der Waals surface area contributed by atoms with Crippen LogP contribution in [0.3, 0.4) is 0 Å². The van der Waals surface area contributed by atoms with Crippen LogP contribution in [-0.2, 0) is 4.79 Å². The van der Waals surface area contributed by atoms with E-state index in [-0.39, 0.29) is 10.4 Å². The van der Waals surface area contributed by atoms with Gasteiger partial charge in [-0.15, -0.1) is 0 Å². The summed E-state index contributed by atoms with van der Waals surface area (Å²) in [6.45, 7) is 0.431. The molecule has 0 saturated carbocycles. The van der Waals surface area contributed by atoms with Crippen LogP contribution < -0.4 is 5.73 Å². The largest absolute Gasteiger partial charge is 0.478 e. The minimum atomic E-state index is -2.22. The standard InChI is InChI=1S/C6H12Cl2N2O3/c7-10(8)6(13,5(11)12)3-1-2-4-9/h13H,1-4,9H2,(H,11,12). The lowest BCUT2D eigenvalue weighted by molar-refractivity contribution is -0.167. The van der Waals surface area contributed by atoms with Crippen molar-refractivity contribution in [1.82, 2.24) is 3.94 Å². The first kappa shape index (κ1) is 12.9. The topological polar surface area (TPSA) is 86.8 Å². The lowest BCUT2D eigenvalue weighted by Crippen LogP contribution is -2.46. The quantitative estimate of drug-likeness (QED) is 0.352. The van der Waals surface area contributed by atoms with E-state index in [2.05, 4.69) is 0 Å². The Bertz CT molecular complexity index is 179. The molecule has 0 aliphatic heterocycles. The number of aliphatic hydroxyl groups is 1. The van der Waals surface area contributed by atoms with E-state index >= 15 is 0 Å².